The summed E-state index contributed by atoms with van der Waals surface area (Å²) in [6.07, 6.45) is 0.759. The van der Waals surface area contributed by atoms with Crippen molar-refractivity contribution in [3.05, 3.63) is 24.3 Å². The summed E-state index contributed by atoms with van der Waals surface area (Å²) in [4.78, 5) is 48.5. The molecule has 1 aromatic carbocycles. The van der Waals surface area contributed by atoms with Crippen molar-refractivity contribution in [3.8, 4) is 0 Å². The molecule has 0 saturated carbocycles. The van der Waals surface area contributed by atoms with Gasteiger partial charge in [-0.3, -0.25) is 24.6 Å². The number of carbonyl (C=O) groups excluding carboxylic acids is 4. The van der Waals surface area contributed by atoms with Crippen LogP contribution in [0.5, 0.6) is 0 Å². The summed E-state index contributed by atoms with van der Waals surface area (Å²) in [7, 11) is 0. The molecule has 0 saturated heterocycles. The molecule has 0 aliphatic rings. The molecule has 1 aromatic rings. The van der Waals surface area contributed by atoms with Crippen molar-refractivity contribution in [3.63, 3.8) is 0 Å². The minimum absolute atomic E-state index is 0.00431. The predicted molar refractivity (Wildman–Crippen MR) is 108 cm³/mol. The predicted octanol–water partition coefficient (Wildman–Crippen LogP) is 1.53. The second kappa shape index (κ2) is 11.7. The largest absolute Gasteiger partial charge is 0.335 e. The van der Waals surface area contributed by atoms with Gasteiger partial charge in [0.2, 0.25) is 17.7 Å². The summed E-state index contributed by atoms with van der Waals surface area (Å²) in [5.41, 5.74) is 1.21. The van der Waals surface area contributed by atoms with E-state index in [2.05, 4.69) is 21.3 Å². The maximum absolute atomic E-state index is 12.2. The third-order valence-corrected chi connectivity index (χ3v) is 3.91. The highest BCUT2D eigenvalue weighted by Crippen LogP contribution is 2.13. The Morgan fingerprint density at radius 3 is 1.96 bits per heavy atom. The van der Waals surface area contributed by atoms with Crippen LogP contribution >= 0.6 is 0 Å². The lowest BCUT2D eigenvalue weighted by Gasteiger charge is -2.19. The molecule has 0 bridgehead atoms. The highest BCUT2D eigenvalue weighted by atomic mass is 16.2. The van der Waals surface area contributed by atoms with Crippen LogP contribution in [0.3, 0.4) is 0 Å². The summed E-state index contributed by atoms with van der Waals surface area (Å²) >= 11 is 0. The normalized spacial score (nSPS) is 11.5. The van der Waals surface area contributed by atoms with E-state index in [1.807, 2.05) is 20.8 Å². The van der Waals surface area contributed by atoms with Crippen LogP contribution in [0.15, 0.2) is 24.3 Å². The van der Waals surface area contributed by atoms with E-state index in [-0.39, 0.29) is 30.9 Å². The highest BCUT2D eigenvalue weighted by Gasteiger charge is 2.16. The van der Waals surface area contributed by atoms with Gasteiger partial charge < -0.3 is 16.0 Å². The van der Waals surface area contributed by atoms with Gasteiger partial charge in [-0.2, -0.15) is 0 Å². The van der Waals surface area contributed by atoms with Gasteiger partial charge in [-0.05, 0) is 44.2 Å². The van der Waals surface area contributed by atoms with Gasteiger partial charge in [0.25, 0.3) is 0 Å². The van der Waals surface area contributed by atoms with Crippen LogP contribution in [0.4, 0.5) is 16.2 Å². The molecular formula is C19H29N5O4. The maximum atomic E-state index is 12.2. The van der Waals surface area contributed by atoms with E-state index in [1.54, 1.807) is 29.2 Å². The van der Waals surface area contributed by atoms with Crippen LogP contribution in [-0.4, -0.2) is 54.3 Å². The number of amides is 5. The zero-order valence-corrected chi connectivity index (χ0v) is 16.8. The van der Waals surface area contributed by atoms with Crippen LogP contribution in [0.1, 0.15) is 34.1 Å². The average molecular weight is 391 g/mol. The van der Waals surface area contributed by atoms with E-state index in [9.17, 15) is 19.2 Å². The third-order valence-electron chi connectivity index (χ3n) is 3.91. The Labute approximate surface area is 165 Å². The number of anilines is 2. The number of carbonyl (C=O) groups is 4. The number of nitrogens with zero attached hydrogens (tertiary/aromatic N) is 1. The van der Waals surface area contributed by atoms with Crippen molar-refractivity contribution < 1.29 is 19.2 Å². The first-order valence-electron chi connectivity index (χ1n) is 9.23. The van der Waals surface area contributed by atoms with Crippen molar-refractivity contribution in [1.82, 2.24) is 15.5 Å². The van der Waals surface area contributed by atoms with E-state index in [4.69, 9.17) is 0 Å². The molecule has 5 amide bonds. The van der Waals surface area contributed by atoms with Gasteiger partial charge in [-0.1, -0.05) is 13.8 Å². The summed E-state index contributed by atoms with van der Waals surface area (Å²) < 4.78 is 0. The maximum Gasteiger partial charge on any atom is 0.321 e. The van der Waals surface area contributed by atoms with E-state index in [0.717, 1.165) is 6.42 Å². The monoisotopic (exact) mass is 391 g/mol. The molecule has 0 radical (unpaired) electrons. The van der Waals surface area contributed by atoms with Crippen LogP contribution in [-0.2, 0) is 14.4 Å². The highest BCUT2D eigenvalue weighted by molar-refractivity contribution is 5.96. The van der Waals surface area contributed by atoms with Crippen LogP contribution in [0.25, 0.3) is 0 Å². The molecule has 28 heavy (non-hydrogen) atoms. The molecule has 9 heteroatoms. The van der Waals surface area contributed by atoms with Crippen molar-refractivity contribution in [2.75, 3.05) is 30.3 Å². The van der Waals surface area contributed by atoms with Gasteiger partial charge in [-0.15, -0.1) is 0 Å². The van der Waals surface area contributed by atoms with Crippen molar-refractivity contribution in [1.29, 1.82) is 0 Å². The molecule has 9 nitrogen and oxygen atoms in total. The van der Waals surface area contributed by atoms with Crippen LogP contribution in [0, 0.1) is 0 Å². The lowest BCUT2D eigenvalue weighted by molar-refractivity contribution is -0.122. The summed E-state index contributed by atoms with van der Waals surface area (Å²) in [5.74, 6) is -0.937. The number of likely N-dealkylation sites (N-methyl/N-ethyl adjacent to an activating group) is 1. The molecule has 0 aromatic heterocycles. The number of hydrogen-bond donors (Lipinski definition) is 4. The van der Waals surface area contributed by atoms with Gasteiger partial charge in [0.05, 0.1) is 13.1 Å². The summed E-state index contributed by atoms with van der Waals surface area (Å²) in [6.45, 7) is 7.41. The molecule has 0 spiro atoms. The number of benzene rings is 1. The lowest BCUT2D eigenvalue weighted by atomic mass is 10.2. The molecule has 1 atom stereocenters. The first-order chi connectivity index (χ1) is 13.2. The SMILES string of the molecule is CC[C@@H](C)NC(=O)NC(=O)CN(CC)CC(=O)Nc1ccc(NC(C)=O)cc1. The molecule has 1 rings (SSSR count). The third kappa shape index (κ3) is 9.13. The Kier molecular flexibility index (Phi) is 9.66. The lowest BCUT2D eigenvalue weighted by Crippen LogP contribution is -2.47. The zero-order valence-electron chi connectivity index (χ0n) is 16.8. The molecular weight excluding hydrogens is 362 g/mol. The van der Waals surface area contributed by atoms with E-state index in [1.165, 1.54) is 6.92 Å². The fraction of sp³-hybridized carbons (Fsp3) is 0.474. The number of nitrogens with one attached hydrogen (secondary N) is 4. The van der Waals surface area contributed by atoms with Crippen LogP contribution < -0.4 is 21.3 Å². The van der Waals surface area contributed by atoms with E-state index >= 15 is 0 Å². The van der Waals surface area contributed by atoms with Gasteiger partial charge in [0, 0.05) is 24.3 Å². The molecule has 0 unspecified atom stereocenters. The fourth-order valence-electron chi connectivity index (χ4n) is 2.25. The number of imide groups is 1. The van der Waals surface area contributed by atoms with E-state index < -0.39 is 11.9 Å². The van der Waals surface area contributed by atoms with Gasteiger partial charge in [0.15, 0.2) is 0 Å². The van der Waals surface area contributed by atoms with Crippen molar-refractivity contribution >= 4 is 35.1 Å². The smallest absolute Gasteiger partial charge is 0.321 e. The second-order valence-corrected chi connectivity index (χ2v) is 6.44. The molecule has 154 valence electrons. The molecule has 4 N–H and O–H groups in total. The summed E-state index contributed by atoms with van der Waals surface area (Å²) in [5, 5.41) is 10.3. The van der Waals surface area contributed by atoms with Gasteiger partial charge in [0.1, 0.15) is 0 Å². The van der Waals surface area contributed by atoms with Gasteiger partial charge >= 0.3 is 6.03 Å². The first kappa shape index (κ1) is 23.1. The quantitative estimate of drug-likeness (QED) is 0.509. The number of hydrogen-bond acceptors (Lipinski definition) is 5. The molecule has 0 aliphatic heterocycles. The van der Waals surface area contributed by atoms with Crippen LogP contribution in [0.2, 0.25) is 0 Å². The second-order valence-electron chi connectivity index (χ2n) is 6.44. The Morgan fingerprint density at radius 1 is 0.929 bits per heavy atom. The minimum atomic E-state index is -0.542. The summed E-state index contributed by atoms with van der Waals surface area (Å²) in [6, 6.07) is 6.13. The Morgan fingerprint density at radius 2 is 1.46 bits per heavy atom. The zero-order chi connectivity index (χ0) is 21.1. The van der Waals surface area contributed by atoms with Crippen molar-refractivity contribution in [2.45, 2.75) is 40.2 Å². The standard InChI is InChI=1S/C19H29N5O4/c1-5-13(3)20-19(28)23-18(27)12-24(6-2)11-17(26)22-16-9-7-15(8-10-16)21-14(4)25/h7-10,13H,5-6,11-12H2,1-4H3,(H,21,25)(H,22,26)(H2,20,23,27,28)/t13-/m1/s1. The Hall–Kier alpha value is -2.94. The number of rotatable bonds is 9. The Bertz CT molecular complexity index is 690. The van der Waals surface area contributed by atoms with E-state index in [0.29, 0.717) is 17.9 Å². The minimum Gasteiger partial charge on any atom is -0.335 e. The van der Waals surface area contributed by atoms with Gasteiger partial charge in [-0.25, -0.2) is 4.79 Å². The Balaban J connectivity index is 2.48. The number of urea groups is 1. The first-order valence-corrected chi connectivity index (χ1v) is 9.23. The topological polar surface area (TPSA) is 120 Å². The molecule has 0 heterocycles. The average Bonchev–Trinajstić information content (AvgIpc) is 2.61. The van der Waals surface area contributed by atoms with Crippen molar-refractivity contribution in [2.24, 2.45) is 0 Å². The molecule has 0 fully saturated rings. The fourth-order valence-corrected chi connectivity index (χ4v) is 2.25. The molecule has 0 aliphatic carbocycles.